The number of benzene rings is 1. The zero-order chi connectivity index (χ0) is 10.3. The molecular formula is C7H3F3N3O. The Balaban J connectivity index is 2.66. The third-order valence-electron chi connectivity index (χ3n) is 1.74. The first-order valence-electron chi connectivity index (χ1n) is 3.58. The maximum Gasteiger partial charge on any atom is 0.416 e. The molecule has 1 aromatic heterocycles. The SMILES string of the molecule is [O]n1nnc2ccc(C(F)(F)F)cc21. The van der Waals surface area contributed by atoms with Gasteiger partial charge in [0.15, 0.2) is 0 Å². The van der Waals surface area contributed by atoms with E-state index >= 15 is 0 Å². The third-order valence-corrected chi connectivity index (χ3v) is 1.74. The standard InChI is InChI=1S/C7H3F3N3O/c8-7(9,10)4-1-2-5-6(3-4)13(14)12-11-5/h1-3H. The molecule has 0 aliphatic carbocycles. The third kappa shape index (κ3) is 1.26. The van der Waals surface area contributed by atoms with Crippen molar-refractivity contribution < 1.29 is 18.4 Å². The molecular weight excluding hydrogens is 199 g/mol. The molecule has 0 fully saturated rings. The smallest absolute Gasteiger partial charge is 0.166 e. The topological polar surface area (TPSA) is 50.6 Å². The molecule has 2 rings (SSSR count). The van der Waals surface area contributed by atoms with Crippen LogP contribution in [-0.2, 0) is 11.4 Å². The second-order valence-corrected chi connectivity index (χ2v) is 2.66. The summed E-state index contributed by atoms with van der Waals surface area (Å²) < 4.78 is 36.6. The lowest BCUT2D eigenvalue weighted by Gasteiger charge is -2.04. The molecule has 0 aliphatic heterocycles. The normalized spacial score (nSPS) is 12.2. The van der Waals surface area contributed by atoms with E-state index in [0.29, 0.717) is 0 Å². The maximum atomic E-state index is 12.2. The summed E-state index contributed by atoms with van der Waals surface area (Å²) in [5.41, 5.74) is -0.919. The Morgan fingerprint density at radius 2 is 2.00 bits per heavy atom. The van der Waals surface area contributed by atoms with Gasteiger partial charge in [-0.2, -0.15) is 13.2 Å². The van der Waals surface area contributed by atoms with Crippen molar-refractivity contribution in [3.63, 3.8) is 0 Å². The molecule has 0 saturated heterocycles. The average Bonchev–Trinajstić information content (AvgIpc) is 2.46. The molecule has 0 spiro atoms. The largest absolute Gasteiger partial charge is 0.416 e. The molecule has 1 aromatic carbocycles. The van der Waals surface area contributed by atoms with Crippen molar-refractivity contribution in [3.05, 3.63) is 23.8 Å². The first kappa shape index (κ1) is 8.79. The van der Waals surface area contributed by atoms with Crippen molar-refractivity contribution in [3.8, 4) is 0 Å². The lowest BCUT2D eigenvalue weighted by Crippen LogP contribution is -2.04. The number of rotatable bonds is 0. The summed E-state index contributed by atoms with van der Waals surface area (Å²) in [4.78, 5) is 0.0601. The van der Waals surface area contributed by atoms with Crippen LogP contribution < -0.4 is 0 Å². The van der Waals surface area contributed by atoms with Crippen LogP contribution >= 0.6 is 0 Å². The van der Waals surface area contributed by atoms with Gasteiger partial charge >= 0.3 is 6.18 Å². The summed E-state index contributed by atoms with van der Waals surface area (Å²) in [7, 11) is 0. The van der Waals surface area contributed by atoms with Gasteiger partial charge in [0.25, 0.3) is 0 Å². The minimum absolute atomic E-state index is 0.0601. The van der Waals surface area contributed by atoms with Gasteiger partial charge < -0.3 is 0 Å². The Kier molecular flexibility index (Phi) is 1.63. The number of halogens is 3. The Morgan fingerprint density at radius 1 is 1.29 bits per heavy atom. The van der Waals surface area contributed by atoms with E-state index in [1.54, 1.807) is 0 Å². The molecule has 14 heavy (non-hydrogen) atoms. The fraction of sp³-hybridized carbons (Fsp3) is 0.143. The molecule has 0 saturated carbocycles. The second-order valence-electron chi connectivity index (χ2n) is 2.66. The lowest BCUT2D eigenvalue weighted by molar-refractivity contribution is -0.137. The summed E-state index contributed by atoms with van der Waals surface area (Å²) in [5, 5.41) is 17.3. The Hall–Kier alpha value is -1.79. The summed E-state index contributed by atoms with van der Waals surface area (Å²) in [6, 6.07) is 2.69. The molecule has 0 N–H and O–H groups in total. The van der Waals surface area contributed by atoms with Crippen LogP contribution in [0.25, 0.3) is 11.0 Å². The van der Waals surface area contributed by atoms with Crippen LogP contribution in [0.2, 0.25) is 0 Å². The highest BCUT2D eigenvalue weighted by Crippen LogP contribution is 2.30. The van der Waals surface area contributed by atoms with Gasteiger partial charge in [-0.05, 0) is 28.3 Å². The highest BCUT2D eigenvalue weighted by atomic mass is 19.4. The van der Waals surface area contributed by atoms with E-state index in [4.69, 9.17) is 0 Å². The Morgan fingerprint density at radius 3 is 2.64 bits per heavy atom. The number of alkyl halides is 3. The minimum atomic E-state index is -4.46. The van der Waals surface area contributed by atoms with Gasteiger partial charge in [-0.3, -0.25) is 0 Å². The van der Waals surface area contributed by atoms with Crippen LogP contribution in [0, 0.1) is 0 Å². The number of hydrogen-bond acceptors (Lipinski definition) is 2. The minimum Gasteiger partial charge on any atom is -0.166 e. The van der Waals surface area contributed by atoms with E-state index in [0.717, 1.165) is 18.2 Å². The Bertz CT molecular complexity index is 476. The molecule has 0 atom stereocenters. The predicted octanol–water partition coefficient (Wildman–Crippen LogP) is 1.64. The van der Waals surface area contributed by atoms with Crippen molar-refractivity contribution in [2.75, 3.05) is 0 Å². The summed E-state index contributed by atoms with van der Waals surface area (Å²) in [6.45, 7) is 0. The summed E-state index contributed by atoms with van der Waals surface area (Å²) in [5.74, 6) is 0. The molecule has 2 aromatic rings. The van der Waals surface area contributed by atoms with Gasteiger partial charge in [-0.1, -0.05) is 0 Å². The van der Waals surface area contributed by atoms with Crippen LogP contribution in [0.5, 0.6) is 0 Å². The van der Waals surface area contributed by atoms with Crippen LogP contribution in [0.3, 0.4) is 0 Å². The van der Waals surface area contributed by atoms with Gasteiger partial charge in [0, 0.05) is 0 Å². The molecule has 1 radical (unpaired) electrons. The zero-order valence-corrected chi connectivity index (χ0v) is 6.62. The molecule has 0 amide bonds. The first-order valence-corrected chi connectivity index (χ1v) is 3.58. The van der Waals surface area contributed by atoms with Gasteiger partial charge in [0.05, 0.1) is 5.56 Å². The van der Waals surface area contributed by atoms with Gasteiger partial charge in [-0.25, -0.2) is 0 Å². The van der Waals surface area contributed by atoms with E-state index in [9.17, 15) is 18.4 Å². The highest BCUT2D eigenvalue weighted by Gasteiger charge is 2.31. The molecule has 0 bridgehead atoms. The summed E-state index contributed by atoms with van der Waals surface area (Å²) in [6.07, 6.45) is -4.46. The number of hydrogen-bond donors (Lipinski definition) is 0. The van der Waals surface area contributed by atoms with Crippen LogP contribution in [0.15, 0.2) is 18.2 Å². The average molecular weight is 202 g/mol. The number of aromatic nitrogens is 3. The van der Waals surface area contributed by atoms with Gasteiger partial charge in [0.2, 0.25) is 0 Å². The van der Waals surface area contributed by atoms with E-state index in [1.165, 1.54) is 0 Å². The molecule has 4 nitrogen and oxygen atoms in total. The fourth-order valence-electron chi connectivity index (χ4n) is 1.07. The lowest BCUT2D eigenvalue weighted by atomic mass is 10.2. The van der Waals surface area contributed by atoms with Crippen molar-refractivity contribution in [2.24, 2.45) is 0 Å². The van der Waals surface area contributed by atoms with Crippen molar-refractivity contribution in [1.29, 1.82) is 0 Å². The quantitative estimate of drug-likeness (QED) is 0.652. The Labute approximate surface area is 75.5 Å². The fourth-order valence-corrected chi connectivity index (χ4v) is 1.07. The molecule has 0 aliphatic rings. The van der Waals surface area contributed by atoms with E-state index in [1.807, 2.05) is 0 Å². The number of nitrogens with zero attached hydrogens (tertiary/aromatic N) is 3. The van der Waals surface area contributed by atoms with E-state index < -0.39 is 11.7 Å². The number of fused-ring (bicyclic) bond motifs is 1. The molecule has 7 heteroatoms. The zero-order valence-electron chi connectivity index (χ0n) is 6.62. The summed E-state index contributed by atoms with van der Waals surface area (Å²) >= 11 is 0. The van der Waals surface area contributed by atoms with E-state index in [2.05, 4.69) is 10.3 Å². The highest BCUT2D eigenvalue weighted by molar-refractivity contribution is 5.74. The van der Waals surface area contributed by atoms with Gasteiger partial charge in [-0.15, -0.1) is 10.3 Å². The van der Waals surface area contributed by atoms with Crippen molar-refractivity contribution in [2.45, 2.75) is 6.18 Å². The van der Waals surface area contributed by atoms with E-state index in [-0.39, 0.29) is 15.9 Å². The maximum absolute atomic E-state index is 12.2. The molecule has 73 valence electrons. The monoisotopic (exact) mass is 202 g/mol. The van der Waals surface area contributed by atoms with Crippen LogP contribution in [0.1, 0.15) is 5.56 Å². The predicted molar refractivity (Wildman–Crippen MR) is 38.6 cm³/mol. The second kappa shape index (κ2) is 2.60. The molecule has 1 heterocycles. The first-order chi connectivity index (χ1) is 6.48. The van der Waals surface area contributed by atoms with Crippen molar-refractivity contribution >= 4 is 11.0 Å². The van der Waals surface area contributed by atoms with Crippen molar-refractivity contribution in [1.82, 2.24) is 15.2 Å². The molecule has 0 unspecified atom stereocenters. The van der Waals surface area contributed by atoms with Gasteiger partial charge in [0.1, 0.15) is 11.0 Å². The van der Waals surface area contributed by atoms with Crippen LogP contribution in [0.4, 0.5) is 13.2 Å². The van der Waals surface area contributed by atoms with Crippen LogP contribution in [-0.4, -0.2) is 15.2 Å².